The van der Waals surface area contributed by atoms with Crippen molar-refractivity contribution in [3.63, 3.8) is 0 Å². The van der Waals surface area contributed by atoms with Gasteiger partial charge in [0.1, 0.15) is 5.82 Å². The average molecular weight is 308 g/mol. The Morgan fingerprint density at radius 1 is 1.29 bits per heavy atom. The van der Waals surface area contributed by atoms with E-state index in [1.54, 1.807) is 0 Å². The molecule has 1 aromatic carbocycles. The first-order valence-electron chi connectivity index (χ1n) is 7.70. The monoisotopic (exact) mass is 307 g/mol. The summed E-state index contributed by atoms with van der Waals surface area (Å²) in [5.41, 5.74) is 8.12. The Morgan fingerprint density at radius 2 is 2.00 bits per heavy atom. The number of halogens is 1. The Labute approximate surface area is 132 Å². The maximum atomic E-state index is 6.09. The van der Waals surface area contributed by atoms with Gasteiger partial charge in [0.2, 0.25) is 0 Å². The SMILES string of the molecule is CC(C)n1c(CCC(C)(C)CCN)nc2cc(Cl)ccc21. The summed E-state index contributed by atoms with van der Waals surface area (Å²) in [6.45, 7) is 9.69. The molecule has 0 amide bonds. The second-order valence-corrected chi connectivity index (χ2v) is 7.26. The first-order valence-corrected chi connectivity index (χ1v) is 8.08. The van der Waals surface area contributed by atoms with Gasteiger partial charge in [0.15, 0.2) is 0 Å². The third kappa shape index (κ3) is 3.78. The Balaban J connectivity index is 2.32. The van der Waals surface area contributed by atoms with Crippen molar-refractivity contribution in [2.24, 2.45) is 11.1 Å². The molecule has 116 valence electrons. The molecule has 0 aliphatic rings. The van der Waals surface area contributed by atoms with E-state index >= 15 is 0 Å². The summed E-state index contributed by atoms with van der Waals surface area (Å²) in [4.78, 5) is 4.81. The van der Waals surface area contributed by atoms with E-state index in [1.165, 1.54) is 5.52 Å². The van der Waals surface area contributed by atoms with E-state index in [-0.39, 0.29) is 5.41 Å². The summed E-state index contributed by atoms with van der Waals surface area (Å²) in [5.74, 6) is 1.15. The number of benzene rings is 1. The number of aromatic nitrogens is 2. The minimum Gasteiger partial charge on any atom is -0.330 e. The zero-order valence-corrected chi connectivity index (χ0v) is 14.2. The molecule has 0 fully saturated rings. The molecule has 0 aliphatic carbocycles. The van der Waals surface area contributed by atoms with Crippen molar-refractivity contribution in [2.75, 3.05) is 6.54 Å². The summed E-state index contributed by atoms with van der Waals surface area (Å²) in [6.07, 6.45) is 3.10. The number of hydrogen-bond acceptors (Lipinski definition) is 2. The van der Waals surface area contributed by atoms with Crippen LogP contribution in [0.1, 0.15) is 52.4 Å². The number of rotatable bonds is 6. The van der Waals surface area contributed by atoms with Gasteiger partial charge in [-0.05, 0) is 56.8 Å². The first kappa shape index (κ1) is 16.3. The second-order valence-electron chi connectivity index (χ2n) is 6.83. The van der Waals surface area contributed by atoms with Crippen LogP contribution in [-0.2, 0) is 6.42 Å². The van der Waals surface area contributed by atoms with Crippen LogP contribution in [0.3, 0.4) is 0 Å². The van der Waals surface area contributed by atoms with Gasteiger partial charge in [0.25, 0.3) is 0 Å². The van der Waals surface area contributed by atoms with Gasteiger partial charge in [0, 0.05) is 17.5 Å². The van der Waals surface area contributed by atoms with Gasteiger partial charge in [0.05, 0.1) is 11.0 Å². The van der Waals surface area contributed by atoms with Crippen LogP contribution in [0.25, 0.3) is 11.0 Å². The molecule has 0 unspecified atom stereocenters. The van der Waals surface area contributed by atoms with E-state index in [0.29, 0.717) is 6.04 Å². The Kier molecular flexibility index (Phi) is 4.95. The highest BCUT2D eigenvalue weighted by molar-refractivity contribution is 6.31. The number of fused-ring (bicyclic) bond motifs is 1. The van der Waals surface area contributed by atoms with E-state index in [9.17, 15) is 0 Å². The molecule has 2 N–H and O–H groups in total. The van der Waals surface area contributed by atoms with E-state index in [2.05, 4.69) is 38.3 Å². The lowest BCUT2D eigenvalue weighted by atomic mass is 9.84. The highest BCUT2D eigenvalue weighted by atomic mass is 35.5. The van der Waals surface area contributed by atoms with Gasteiger partial charge in [-0.25, -0.2) is 4.98 Å². The number of nitrogens with two attached hydrogens (primary N) is 1. The second kappa shape index (κ2) is 6.37. The summed E-state index contributed by atoms with van der Waals surface area (Å²) < 4.78 is 2.32. The van der Waals surface area contributed by atoms with Gasteiger partial charge in [-0.1, -0.05) is 25.4 Å². The maximum Gasteiger partial charge on any atom is 0.110 e. The molecule has 21 heavy (non-hydrogen) atoms. The minimum absolute atomic E-state index is 0.256. The lowest BCUT2D eigenvalue weighted by Crippen LogP contribution is -2.19. The molecule has 0 aliphatic heterocycles. The molecule has 3 nitrogen and oxygen atoms in total. The molecule has 1 aromatic heterocycles. The van der Waals surface area contributed by atoms with Gasteiger partial charge in [-0.3, -0.25) is 0 Å². The van der Waals surface area contributed by atoms with Crippen LogP contribution in [0, 0.1) is 5.41 Å². The van der Waals surface area contributed by atoms with Gasteiger partial charge in [-0.2, -0.15) is 0 Å². The number of imidazole rings is 1. The van der Waals surface area contributed by atoms with Gasteiger partial charge in [-0.15, -0.1) is 0 Å². The van der Waals surface area contributed by atoms with E-state index in [1.807, 2.05) is 12.1 Å². The highest BCUT2D eigenvalue weighted by Gasteiger charge is 2.20. The Bertz CT molecular complexity index is 614. The Morgan fingerprint density at radius 3 is 2.62 bits per heavy atom. The molecule has 2 rings (SSSR count). The van der Waals surface area contributed by atoms with Crippen LogP contribution in [0.4, 0.5) is 0 Å². The van der Waals surface area contributed by atoms with Crippen molar-refractivity contribution in [2.45, 2.75) is 53.0 Å². The summed E-state index contributed by atoms with van der Waals surface area (Å²) in [6, 6.07) is 6.35. The topological polar surface area (TPSA) is 43.8 Å². The number of hydrogen-bond donors (Lipinski definition) is 1. The van der Waals surface area contributed by atoms with Crippen LogP contribution >= 0.6 is 11.6 Å². The standard InChI is InChI=1S/C17H26ClN3/c1-12(2)21-15-6-5-13(18)11-14(15)20-16(21)7-8-17(3,4)9-10-19/h5-6,11-12H,7-10,19H2,1-4H3. The third-order valence-corrected chi connectivity index (χ3v) is 4.32. The molecular weight excluding hydrogens is 282 g/mol. The first-order chi connectivity index (χ1) is 9.84. The largest absolute Gasteiger partial charge is 0.330 e. The lowest BCUT2D eigenvalue weighted by Gasteiger charge is -2.24. The zero-order chi connectivity index (χ0) is 15.6. The molecule has 0 bridgehead atoms. The molecule has 0 saturated heterocycles. The highest BCUT2D eigenvalue weighted by Crippen LogP contribution is 2.29. The predicted molar refractivity (Wildman–Crippen MR) is 90.9 cm³/mol. The molecule has 1 heterocycles. The third-order valence-electron chi connectivity index (χ3n) is 4.09. The van der Waals surface area contributed by atoms with Crippen molar-refractivity contribution < 1.29 is 0 Å². The van der Waals surface area contributed by atoms with Gasteiger partial charge >= 0.3 is 0 Å². The summed E-state index contributed by atoms with van der Waals surface area (Å²) in [5, 5.41) is 0.742. The molecule has 0 saturated carbocycles. The molecule has 2 aromatic rings. The normalized spacial score (nSPS) is 12.5. The summed E-state index contributed by atoms with van der Waals surface area (Å²) >= 11 is 6.09. The van der Waals surface area contributed by atoms with Crippen molar-refractivity contribution in [3.05, 3.63) is 29.0 Å². The quantitative estimate of drug-likeness (QED) is 0.849. The molecule has 0 radical (unpaired) electrons. The van der Waals surface area contributed by atoms with Crippen LogP contribution in [0.2, 0.25) is 5.02 Å². The lowest BCUT2D eigenvalue weighted by molar-refractivity contribution is 0.308. The van der Waals surface area contributed by atoms with Crippen molar-refractivity contribution in [3.8, 4) is 0 Å². The van der Waals surface area contributed by atoms with Crippen molar-refractivity contribution in [1.29, 1.82) is 0 Å². The molecular formula is C17H26ClN3. The van der Waals surface area contributed by atoms with Crippen LogP contribution in [0.5, 0.6) is 0 Å². The Hall–Kier alpha value is -1.06. The van der Waals surface area contributed by atoms with Crippen LogP contribution in [0.15, 0.2) is 18.2 Å². The van der Waals surface area contributed by atoms with E-state index < -0.39 is 0 Å². The zero-order valence-electron chi connectivity index (χ0n) is 13.5. The van der Waals surface area contributed by atoms with Crippen LogP contribution in [-0.4, -0.2) is 16.1 Å². The number of nitrogens with zero attached hydrogens (tertiary/aromatic N) is 2. The molecule has 0 spiro atoms. The van der Waals surface area contributed by atoms with Crippen molar-refractivity contribution in [1.82, 2.24) is 9.55 Å². The predicted octanol–water partition coefficient (Wildman–Crippen LogP) is 4.58. The fraction of sp³-hybridized carbons (Fsp3) is 0.588. The van der Waals surface area contributed by atoms with Crippen LogP contribution < -0.4 is 5.73 Å². The molecule has 4 heteroatoms. The average Bonchev–Trinajstić information content (AvgIpc) is 2.74. The fourth-order valence-electron chi connectivity index (χ4n) is 2.84. The number of aryl methyl sites for hydroxylation is 1. The van der Waals surface area contributed by atoms with E-state index in [4.69, 9.17) is 22.3 Å². The smallest absolute Gasteiger partial charge is 0.110 e. The maximum absolute atomic E-state index is 6.09. The molecule has 0 atom stereocenters. The summed E-state index contributed by atoms with van der Waals surface area (Å²) in [7, 11) is 0. The fourth-order valence-corrected chi connectivity index (χ4v) is 3.01. The van der Waals surface area contributed by atoms with Crippen molar-refractivity contribution >= 4 is 22.6 Å². The minimum atomic E-state index is 0.256. The van der Waals surface area contributed by atoms with Gasteiger partial charge < -0.3 is 10.3 Å². The van der Waals surface area contributed by atoms with E-state index in [0.717, 1.165) is 42.2 Å².